The van der Waals surface area contributed by atoms with E-state index in [2.05, 4.69) is 106 Å². The van der Waals surface area contributed by atoms with Gasteiger partial charge in [0.25, 0.3) is 0 Å². The molecule has 1 atom stereocenters. The van der Waals surface area contributed by atoms with Gasteiger partial charge >= 0.3 is 17.9 Å². The number of esters is 3. The Morgan fingerprint density at radius 3 is 0.765 bits per heavy atom. The van der Waals surface area contributed by atoms with E-state index in [9.17, 15) is 14.4 Å². The van der Waals surface area contributed by atoms with Gasteiger partial charge in [-0.3, -0.25) is 14.4 Å². The minimum Gasteiger partial charge on any atom is -0.462 e. The van der Waals surface area contributed by atoms with Crippen LogP contribution in [0.3, 0.4) is 0 Å². The van der Waals surface area contributed by atoms with Gasteiger partial charge in [-0.15, -0.1) is 0 Å². The first kappa shape index (κ1) is 77.6. The van der Waals surface area contributed by atoms with Crippen LogP contribution in [0.25, 0.3) is 0 Å². The molecule has 6 nitrogen and oxygen atoms in total. The molecule has 0 saturated heterocycles. The predicted molar refractivity (Wildman–Crippen MR) is 353 cm³/mol. The average molecular weight is 1130 g/mol. The molecule has 0 spiro atoms. The zero-order valence-electron chi connectivity index (χ0n) is 53.8. The molecular weight excluding hydrogens is 997 g/mol. The van der Waals surface area contributed by atoms with E-state index in [0.717, 1.165) is 103 Å². The summed E-state index contributed by atoms with van der Waals surface area (Å²) >= 11 is 0. The van der Waals surface area contributed by atoms with Gasteiger partial charge in [0.05, 0.1) is 0 Å². The fourth-order valence-electron chi connectivity index (χ4n) is 10.2. The van der Waals surface area contributed by atoms with Gasteiger partial charge in [-0.05, 0) is 96.3 Å². The molecule has 0 rings (SSSR count). The van der Waals surface area contributed by atoms with Crippen LogP contribution in [0.4, 0.5) is 0 Å². The number of carbonyl (C=O) groups excluding carboxylic acids is 3. The normalized spacial score (nSPS) is 12.6. The molecule has 0 heterocycles. The van der Waals surface area contributed by atoms with Gasteiger partial charge in [0, 0.05) is 19.3 Å². The van der Waals surface area contributed by atoms with Crippen molar-refractivity contribution in [3.8, 4) is 0 Å². The molecule has 468 valence electrons. The number of unbranched alkanes of at least 4 members (excludes halogenated alkanes) is 39. The monoisotopic (exact) mass is 1130 g/mol. The summed E-state index contributed by atoms with van der Waals surface area (Å²) in [5, 5.41) is 0. The standard InChI is InChI=1S/C75H132O6/c1-4-7-10-13-16-19-22-25-27-29-31-32-33-34-35-36-37-38-39-40-41-42-43-44-45-47-48-50-53-56-59-62-65-68-74(77)80-71-72(70-79-73(76)67-64-61-58-55-52-24-21-18-15-12-9-6-3)81-75(78)69-66-63-60-57-54-51-49-46-30-28-26-23-20-17-14-11-8-5-2/h7,10,16,19-20,23,25,27-28,30-32,34-35,72H,4-6,8-9,11-15,17-18,21-22,24,26,29,33,36-71H2,1-3H3/b10-7-,19-16-,23-20-,27-25-,30-28-,32-31-,35-34-. The Labute approximate surface area is 503 Å². The number of rotatable bonds is 64. The number of ether oxygens (including phenoxy) is 3. The summed E-state index contributed by atoms with van der Waals surface area (Å²) in [5.74, 6) is -0.863. The van der Waals surface area contributed by atoms with Gasteiger partial charge in [0.2, 0.25) is 0 Å². The lowest BCUT2D eigenvalue weighted by Crippen LogP contribution is -2.30. The molecule has 0 aromatic rings. The second-order valence-electron chi connectivity index (χ2n) is 23.4. The van der Waals surface area contributed by atoms with Gasteiger partial charge in [0.15, 0.2) is 6.10 Å². The van der Waals surface area contributed by atoms with E-state index in [4.69, 9.17) is 14.2 Å². The molecule has 0 saturated carbocycles. The van der Waals surface area contributed by atoms with Crippen LogP contribution in [0.1, 0.15) is 355 Å². The molecule has 0 amide bonds. The zero-order valence-corrected chi connectivity index (χ0v) is 53.8. The number of allylic oxidation sites excluding steroid dienone is 14. The summed E-state index contributed by atoms with van der Waals surface area (Å²) in [7, 11) is 0. The molecule has 0 aliphatic rings. The van der Waals surface area contributed by atoms with Crippen LogP contribution in [0.15, 0.2) is 85.1 Å². The Hall–Kier alpha value is -3.41. The third-order valence-corrected chi connectivity index (χ3v) is 15.4. The first-order valence-electron chi connectivity index (χ1n) is 35.1. The molecule has 6 heteroatoms. The Balaban J connectivity index is 4.16. The number of carbonyl (C=O) groups is 3. The lowest BCUT2D eigenvalue weighted by Gasteiger charge is -2.18. The third-order valence-electron chi connectivity index (χ3n) is 15.4. The maximum absolute atomic E-state index is 12.9. The Kier molecular flexibility index (Phi) is 66.2. The first-order chi connectivity index (χ1) is 40.0. The van der Waals surface area contributed by atoms with Crippen molar-refractivity contribution in [2.45, 2.75) is 361 Å². The largest absolute Gasteiger partial charge is 0.462 e. The maximum Gasteiger partial charge on any atom is 0.306 e. The molecule has 0 aromatic carbocycles. The predicted octanol–water partition coefficient (Wildman–Crippen LogP) is 24.2. The summed E-state index contributed by atoms with van der Waals surface area (Å²) in [6.45, 7) is 6.54. The topological polar surface area (TPSA) is 78.9 Å². The second-order valence-corrected chi connectivity index (χ2v) is 23.4. The van der Waals surface area contributed by atoms with Crippen molar-refractivity contribution in [1.82, 2.24) is 0 Å². The fraction of sp³-hybridized carbons (Fsp3) is 0.773. The van der Waals surface area contributed by atoms with Gasteiger partial charge in [-0.1, -0.05) is 324 Å². The van der Waals surface area contributed by atoms with Crippen molar-refractivity contribution in [1.29, 1.82) is 0 Å². The third kappa shape index (κ3) is 67.3. The average Bonchev–Trinajstić information content (AvgIpc) is 3.47. The van der Waals surface area contributed by atoms with Crippen LogP contribution >= 0.6 is 0 Å². The van der Waals surface area contributed by atoms with Crippen molar-refractivity contribution >= 4 is 17.9 Å². The van der Waals surface area contributed by atoms with E-state index in [1.54, 1.807) is 0 Å². The summed E-state index contributed by atoms with van der Waals surface area (Å²) in [5.41, 5.74) is 0. The minimum atomic E-state index is -0.778. The molecule has 0 N–H and O–H groups in total. The maximum atomic E-state index is 12.9. The van der Waals surface area contributed by atoms with E-state index >= 15 is 0 Å². The van der Waals surface area contributed by atoms with Crippen LogP contribution in [-0.2, 0) is 28.6 Å². The Bertz CT molecular complexity index is 1530. The molecular formula is C75H132O6. The van der Waals surface area contributed by atoms with Crippen molar-refractivity contribution in [2.75, 3.05) is 13.2 Å². The van der Waals surface area contributed by atoms with Crippen molar-refractivity contribution in [2.24, 2.45) is 0 Å². The van der Waals surface area contributed by atoms with Crippen molar-refractivity contribution in [3.05, 3.63) is 85.1 Å². The van der Waals surface area contributed by atoms with Gasteiger partial charge in [-0.25, -0.2) is 0 Å². The zero-order chi connectivity index (χ0) is 58.5. The van der Waals surface area contributed by atoms with Crippen molar-refractivity contribution in [3.63, 3.8) is 0 Å². The highest BCUT2D eigenvalue weighted by atomic mass is 16.6. The quantitative estimate of drug-likeness (QED) is 0.0261. The molecule has 81 heavy (non-hydrogen) atoms. The lowest BCUT2D eigenvalue weighted by atomic mass is 10.0. The van der Waals surface area contributed by atoms with Gasteiger partial charge in [0.1, 0.15) is 13.2 Å². The van der Waals surface area contributed by atoms with E-state index in [1.165, 1.54) is 212 Å². The molecule has 0 aromatic heterocycles. The Morgan fingerprint density at radius 1 is 0.259 bits per heavy atom. The molecule has 0 aliphatic carbocycles. The second kappa shape index (κ2) is 69.1. The van der Waals surface area contributed by atoms with Gasteiger partial charge < -0.3 is 14.2 Å². The number of hydrogen-bond donors (Lipinski definition) is 0. The van der Waals surface area contributed by atoms with Crippen LogP contribution < -0.4 is 0 Å². The SMILES string of the molecule is CC/C=C\C/C=C\C/C=C\C/C=C\C/C=C\CCCCCCCCCCCCCCCCCCCC(=O)OCC(COC(=O)CCCCCCCCCCCCCC)OC(=O)CCCCCCCCC/C=C\C/C=C\CCCCCC. The van der Waals surface area contributed by atoms with E-state index in [0.29, 0.717) is 19.3 Å². The minimum absolute atomic E-state index is 0.0740. The molecule has 1 unspecified atom stereocenters. The highest BCUT2D eigenvalue weighted by Gasteiger charge is 2.19. The van der Waals surface area contributed by atoms with Crippen LogP contribution in [0.5, 0.6) is 0 Å². The smallest absolute Gasteiger partial charge is 0.306 e. The highest BCUT2D eigenvalue weighted by molar-refractivity contribution is 5.71. The molecule has 0 fully saturated rings. The van der Waals surface area contributed by atoms with Crippen LogP contribution in [-0.4, -0.2) is 37.2 Å². The molecule has 0 bridgehead atoms. The Morgan fingerprint density at radius 2 is 0.481 bits per heavy atom. The fourth-order valence-corrected chi connectivity index (χ4v) is 10.2. The molecule has 0 aliphatic heterocycles. The van der Waals surface area contributed by atoms with Crippen molar-refractivity contribution < 1.29 is 28.6 Å². The lowest BCUT2D eigenvalue weighted by molar-refractivity contribution is -0.167. The first-order valence-corrected chi connectivity index (χ1v) is 35.1. The van der Waals surface area contributed by atoms with Crippen LogP contribution in [0.2, 0.25) is 0 Å². The highest BCUT2D eigenvalue weighted by Crippen LogP contribution is 2.18. The molecule has 0 radical (unpaired) electrons. The summed E-state index contributed by atoms with van der Waals surface area (Å²) < 4.78 is 17.0. The number of hydrogen-bond acceptors (Lipinski definition) is 6. The van der Waals surface area contributed by atoms with E-state index in [1.807, 2.05) is 0 Å². The summed E-state index contributed by atoms with van der Waals surface area (Å²) in [6, 6.07) is 0. The van der Waals surface area contributed by atoms with Crippen LogP contribution in [0, 0.1) is 0 Å². The van der Waals surface area contributed by atoms with Gasteiger partial charge in [-0.2, -0.15) is 0 Å². The summed E-state index contributed by atoms with van der Waals surface area (Å²) in [6.07, 6.45) is 91.8. The summed E-state index contributed by atoms with van der Waals surface area (Å²) in [4.78, 5) is 38.4. The van der Waals surface area contributed by atoms with E-state index in [-0.39, 0.29) is 31.1 Å². The van der Waals surface area contributed by atoms with E-state index < -0.39 is 6.10 Å².